The molecule has 3 rings (SSSR count). The van der Waals surface area contributed by atoms with Crippen LogP contribution in [0.3, 0.4) is 0 Å². The van der Waals surface area contributed by atoms with Gasteiger partial charge in [0.05, 0.1) is 6.04 Å². The molecule has 0 unspecified atom stereocenters. The van der Waals surface area contributed by atoms with Gasteiger partial charge in [0.15, 0.2) is 12.3 Å². The number of rotatable bonds is 6. The first kappa shape index (κ1) is 19.6. The maximum absolute atomic E-state index is 12.3. The molecule has 6 nitrogen and oxygen atoms in total. The fourth-order valence-corrected chi connectivity index (χ4v) is 2.98. The number of oxazole rings is 1. The molecule has 0 aliphatic carbocycles. The highest BCUT2D eigenvalue weighted by atomic mass is 35.5. The third kappa shape index (κ3) is 4.58. The van der Waals surface area contributed by atoms with E-state index in [1.54, 1.807) is 19.9 Å². The van der Waals surface area contributed by atoms with Crippen LogP contribution in [-0.4, -0.2) is 23.5 Å². The van der Waals surface area contributed by atoms with Gasteiger partial charge in [-0.15, -0.1) is 0 Å². The van der Waals surface area contributed by atoms with E-state index < -0.39 is 18.5 Å². The molecule has 144 valence electrons. The van der Waals surface area contributed by atoms with Crippen LogP contribution in [0.15, 0.2) is 59.0 Å². The Hall–Kier alpha value is -3.12. The van der Waals surface area contributed by atoms with Crippen LogP contribution in [0.2, 0.25) is 5.02 Å². The fourth-order valence-electron chi connectivity index (χ4n) is 2.68. The predicted octanol–water partition coefficient (Wildman–Crippen LogP) is 4.34. The number of amides is 1. The molecule has 2 aromatic carbocycles. The molecule has 0 aliphatic heterocycles. The summed E-state index contributed by atoms with van der Waals surface area (Å²) in [6.07, 6.45) is 0. The average molecular weight is 399 g/mol. The number of halogens is 1. The number of nitrogens with zero attached hydrogens (tertiary/aromatic N) is 1. The van der Waals surface area contributed by atoms with E-state index in [1.165, 1.54) is 0 Å². The molecule has 7 heteroatoms. The largest absolute Gasteiger partial charge is 0.451 e. The van der Waals surface area contributed by atoms with E-state index >= 15 is 0 Å². The number of ether oxygens (including phenoxy) is 1. The summed E-state index contributed by atoms with van der Waals surface area (Å²) >= 11 is 6.13. The first-order chi connectivity index (χ1) is 13.5. The Bertz CT molecular complexity index is 985. The summed E-state index contributed by atoms with van der Waals surface area (Å²) in [6.45, 7) is 2.99. The second-order valence-corrected chi connectivity index (χ2v) is 6.58. The molecule has 0 radical (unpaired) electrons. The number of nitrogens with one attached hydrogen (secondary N) is 1. The summed E-state index contributed by atoms with van der Waals surface area (Å²) in [5.74, 6) is -0.510. The van der Waals surface area contributed by atoms with Gasteiger partial charge in [0.25, 0.3) is 5.91 Å². The van der Waals surface area contributed by atoms with Gasteiger partial charge in [-0.2, -0.15) is 0 Å². The average Bonchev–Trinajstić information content (AvgIpc) is 3.09. The van der Waals surface area contributed by atoms with Crippen molar-refractivity contribution in [1.29, 1.82) is 0 Å². The fraction of sp³-hybridized carbons (Fsp3) is 0.190. The lowest BCUT2D eigenvalue weighted by molar-refractivity contribution is -0.124. The van der Waals surface area contributed by atoms with Gasteiger partial charge in [-0.25, -0.2) is 9.78 Å². The number of esters is 1. The first-order valence-electron chi connectivity index (χ1n) is 8.69. The molecule has 1 atom stereocenters. The Balaban J connectivity index is 1.59. The van der Waals surface area contributed by atoms with Crippen LogP contribution < -0.4 is 5.32 Å². The zero-order valence-electron chi connectivity index (χ0n) is 15.4. The van der Waals surface area contributed by atoms with E-state index in [9.17, 15) is 9.59 Å². The Morgan fingerprint density at radius 3 is 2.54 bits per heavy atom. The van der Waals surface area contributed by atoms with E-state index in [0.29, 0.717) is 16.7 Å². The highest BCUT2D eigenvalue weighted by Gasteiger charge is 2.21. The number of carbonyl (C=O) groups is 2. The number of aromatic nitrogens is 1. The normalized spacial score (nSPS) is 11.7. The molecule has 0 saturated heterocycles. The van der Waals surface area contributed by atoms with E-state index in [0.717, 1.165) is 11.1 Å². The van der Waals surface area contributed by atoms with Crippen LogP contribution >= 0.6 is 11.6 Å². The van der Waals surface area contributed by atoms with Crippen molar-refractivity contribution in [3.05, 3.63) is 76.6 Å². The lowest BCUT2D eigenvalue weighted by Crippen LogP contribution is -2.31. The van der Waals surface area contributed by atoms with E-state index in [1.807, 2.05) is 48.5 Å². The summed E-state index contributed by atoms with van der Waals surface area (Å²) in [5.41, 5.74) is 1.57. The minimum Gasteiger partial charge on any atom is -0.451 e. The highest BCUT2D eigenvalue weighted by molar-refractivity contribution is 6.31. The summed E-state index contributed by atoms with van der Waals surface area (Å²) < 4.78 is 10.6. The zero-order chi connectivity index (χ0) is 20.1. The maximum atomic E-state index is 12.3. The highest BCUT2D eigenvalue weighted by Crippen LogP contribution is 2.23. The van der Waals surface area contributed by atoms with Gasteiger partial charge in [0.2, 0.25) is 5.89 Å². The summed E-state index contributed by atoms with van der Waals surface area (Å²) in [7, 11) is 0. The van der Waals surface area contributed by atoms with Gasteiger partial charge >= 0.3 is 5.97 Å². The summed E-state index contributed by atoms with van der Waals surface area (Å²) in [6, 6.07) is 16.1. The third-order valence-electron chi connectivity index (χ3n) is 4.09. The molecule has 0 aliphatic rings. The standard InChI is InChI=1S/C21H19ClN2O4/c1-13(16-10-6-7-11-17(16)22)23-18(25)12-27-21(26)19-14(2)28-20(24-19)15-8-4-3-5-9-15/h3-11,13H,12H2,1-2H3,(H,23,25)/t13-/m0/s1. The van der Waals surface area contributed by atoms with Crippen molar-refractivity contribution in [3.63, 3.8) is 0 Å². The van der Waals surface area contributed by atoms with Crippen molar-refractivity contribution < 1.29 is 18.7 Å². The molecule has 1 N–H and O–H groups in total. The van der Waals surface area contributed by atoms with Crippen molar-refractivity contribution in [2.24, 2.45) is 0 Å². The number of benzene rings is 2. The van der Waals surface area contributed by atoms with E-state index in [4.69, 9.17) is 20.8 Å². The van der Waals surface area contributed by atoms with Crippen molar-refractivity contribution in [1.82, 2.24) is 10.3 Å². The van der Waals surface area contributed by atoms with Gasteiger partial charge in [-0.3, -0.25) is 4.79 Å². The summed E-state index contributed by atoms with van der Waals surface area (Å²) in [5, 5.41) is 3.30. The van der Waals surface area contributed by atoms with Crippen LogP contribution in [0.4, 0.5) is 0 Å². The molecule has 1 heterocycles. The zero-order valence-corrected chi connectivity index (χ0v) is 16.2. The van der Waals surface area contributed by atoms with Gasteiger partial charge in [0, 0.05) is 10.6 Å². The predicted molar refractivity (Wildman–Crippen MR) is 105 cm³/mol. The molecule has 0 bridgehead atoms. The molecule has 0 fully saturated rings. The molecule has 28 heavy (non-hydrogen) atoms. The monoisotopic (exact) mass is 398 g/mol. The van der Waals surface area contributed by atoms with Crippen LogP contribution in [-0.2, 0) is 9.53 Å². The van der Waals surface area contributed by atoms with E-state index in [2.05, 4.69) is 10.3 Å². The van der Waals surface area contributed by atoms with Crippen molar-refractivity contribution in [2.75, 3.05) is 6.61 Å². The molecule has 1 aromatic heterocycles. The SMILES string of the molecule is Cc1oc(-c2ccccc2)nc1C(=O)OCC(=O)N[C@@H](C)c1ccccc1Cl. The van der Waals surface area contributed by atoms with E-state index in [-0.39, 0.29) is 11.7 Å². The smallest absolute Gasteiger partial charge is 0.361 e. The van der Waals surface area contributed by atoms with Gasteiger partial charge in [-0.05, 0) is 37.6 Å². The molecular formula is C21H19ClN2O4. The Labute approximate surface area is 167 Å². The second kappa shape index (κ2) is 8.71. The minimum atomic E-state index is -0.719. The third-order valence-corrected chi connectivity index (χ3v) is 4.44. The molecule has 0 spiro atoms. The molecule has 1 amide bonds. The Kier molecular flexibility index (Phi) is 6.11. The topological polar surface area (TPSA) is 81.4 Å². The first-order valence-corrected chi connectivity index (χ1v) is 9.07. The van der Waals surface area contributed by atoms with Crippen molar-refractivity contribution in [3.8, 4) is 11.5 Å². The molecule has 3 aromatic rings. The van der Waals surface area contributed by atoms with Crippen LogP contribution in [0.25, 0.3) is 11.5 Å². The Morgan fingerprint density at radius 1 is 1.14 bits per heavy atom. The number of hydrogen-bond donors (Lipinski definition) is 1. The van der Waals surface area contributed by atoms with Crippen molar-refractivity contribution in [2.45, 2.75) is 19.9 Å². The molecular weight excluding hydrogens is 380 g/mol. The van der Waals surface area contributed by atoms with Crippen molar-refractivity contribution >= 4 is 23.5 Å². The number of carbonyl (C=O) groups excluding carboxylic acids is 2. The Morgan fingerprint density at radius 2 is 1.82 bits per heavy atom. The number of aryl methyl sites for hydroxylation is 1. The van der Waals surface area contributed by atoms with Crippen LogP contribution in [0.1, 0.15) is 34.8 Å². The second-order valence-electron chi connectivity index (χ2n) is 6.18. The van der Waals surface area contributed by atoms with Gasteiger partial charge < -0.3 is 14.5 Å². The number of hydrogen-bond acceptors (Lipinski definition) is 5. The summed E-state index contributed by atoms with van der Waals surface area (Å²) in [4.78, 5) is 28.6. The lowest BCUT2D eigenvalue weighted by atomic mass is 10.1. The molecule has 0 saturated carbocycles. The van der Waals surface area contributed by atoms with Gasteiger partial charge in [0.1, 0.15) is 5.76 Å². The van der Waals surface area contributed by atoms with Gasteiger partial charge in [-0.1, -0.05) is 48.0 Å². The maximum Gasteiger partial charge on any atom is 0.361 e. The lowest BCUT2D eigenvalue weighted by Gasteiger charge is -2.15. The van der Waals surface area contributed by atoms with Crippen LogP contribution in [0, 0.1) is 6.92 Å². The quantitative estimate of drug-likeness (QED) is 0.625. The minimum absolute atomic E-state index is 0.0470. The van der Waals surface area contributed by atoms with Crippen LogP contribution in [0.5, 0.6) is 0 Å².